The fraction of sp³-hybridized carbons (Fsp3) is 0.310. The monoisotopic (exact) mass is 474 g/mol. The lowest BCUT2D eigenvalue weighted by atomic mass is 9.98. The maximum Gasteiger partial charge on any atom is 0.338 e. The van der Waals surface area contributed by atoms with Gasteiger partial charge in [0.05, 0.1) is 25.4 Å². The van der Waals surface area contributed by atoms with E-state index >= 15 is 0 Å². The third-order valence-corrected chi connectivity index (χ3v) is 5.71. The highest BCUT2D eigenvalue weighted by atomic mass is 16.5. The van der Waals surface area contributed by atoms with E-state index in [2.05, 4.69) is 10.2 Å². The number of anilines is 2. The summed E-state index contributed by atoms with van der Waals surface area (Å²) in [5.74, 6) is -0.489. The smallest absolute Gasteiger partial charge is 0.338 e. The minimum Gasteiger partial charge on any atom is -0.462 e. The largest absolute Gasteiger partial charge is 0.462 e. The number of carbonyl (C=O) groups is 2. The molecule has 35 heavy (non-hydrogen) atoms. The van der Waals surface area contributed by atoms with Gasteiger partial charge in [0.25, 0.3) is 5.91 Å². The molecule has 1 N–H and O–H groups in total. The van der Waals surface area contributed by atoms with E-state index in [1.165, 1.54) is 0 Å². The molecule has 1 heterocycles. The zero-order chi connectivity index (χ0) is 25.2. The fourth-order valence-corrected chi connectivity index (χ4v) is 3.86. The van der Waals surface area contributed by atoms with E-state index < -0.39 is 0 Å². The summed E-state index contributed by atoms with van der Waals surface area (Å²) < 4.78 is 10.4. The van der Waals surface area contributed by atoms with Crippen LogP contribution >= 0.6 is 0 Å². The minimum absolute atomic E-state index is 0.156. The normalized spacial score (nSPS) is 12.9. The first-order valence-corrected chi connectivity index (χ1v) is 12.2. The van der Waals surface area contributed by atoms with Crippen LogP contribution in [0, 0.1) is 6.92 Å². The lowest BCUT2D eigenvalue weighted by Gasteiger charge is -2.28. The molecule has 0 bridgehead atoms. The van der Waals surface area contributed by atoms with E-state index in [0.717, 1.165) is 48.7 Å². The van der Waals surface area contributed by atoms with Crippen LogP contribution in [0.4, 0.5) is 11.4 Å². The summed E-state index contributed by atoms with van der Waals surface area (Å²) in [6.45, 7) is 11.3. The van der Waals surface area contributed by atoms with Crippen LogP contribution in [-0.4, -0.2) is 44.8 Å². The maximum absolute atomic E-state index is 12.8. The second-order valence-electron chi connectivity index (χ2n) is 7.93. The molecule has 0 atom stereocenters. The standard InChI is InChI=1S/C27H28N2O4.C2H6/c1-3-33-27(31)22-7-5-20(6-8-22)25-18-23(11-4-19(25)2)28-26(30)21-9-12-24(13-10-21)29-14-16-32-17-15-29;1-2/h4-13,18H,3,14-17H2,1-2H3,(H,28,30);1-2H3. The Labute approximate surface area is 207 Å². The molecule has 1 fully saturated rings. The molecule has 184 valence electrons. The predicted molar refractivity (Wildman–Crippen MR) is 141 cm³/mol. The van der Waals surface area contributed by atoms with Gasteiger partial charge < -0.3 is 19.7 Å². The molecular weight excluding hydrogens is 440 g/mol. The zero-order valence-corrected chi connectivity index (χ0v) is 21.0. The first-order valence-electron chi connectivity index (χ1n) is 12.2. The van der Waals surface area contributed by atoms with Gasteiger partial charge >= 0.3 is 5.97 Å². The Kier molecular flexibility index (Phi) is 9.44. The molecule has 0 aromatic heterocycles. The number of hydrogen-bond acceptors (Lipinski definition) is 5. The average Bonchev–Trinajstić information content (AvgIpc) is 2.92. The SMILES string of the molecule is CC.CCOC(=O)c1ccc(-c2cc(NC(=O)c3ccc(N4CCOCC4)cc3)ccc2C)cc1. The van der Waals surface area contributed by atoms with Gasteiger partial charge in [-0.05, 0) is 79.1 Å². The predicted octanol–water partition coefficient (Wildman–Crippen LogP) is 5.95. The Morgan fingerprint density at radius 2 is 1.54 bits per heavy atom. The lowest BCUT2D eigenvalue weighted by molar-refractivity contribution is 0.0526. The lowest BCUT2D eigenvalue weighted by Crippen LogP contribution is -2.36. The molecule has 3 aromatic rings. The molecule has 0 spiro atoms. The van der Waals surface area contributed by atoms with Crippen molar-refractivity contribution in [2.45, 2.75) is 27.7 Å². The molecule has 1 amide bonds. The van der Waals surface area contributed by atoms with Crippen molar-refractivity contribution < 1.29 is 19.1 Å². The highest BCUT2D eigenvalue weighted by Gasteiger charge is 2.13. The van der Waals surface area contributed by atoms with Gasteiger partial charge in [-0.15, -0.1) is 0 Å². The molecule has 0 saturated carbocycles. The van der Waals surface area contributed by atoms with Crippen LogP contribution in [0.5, 0.6) is 0 Å². The van der Waals surface area contributed by atoms with Gasteiger partial charge in [-0.25, -0.2) is 4.79 Å². The molecule has 1 saturated heterocycles. The van der Waals surface area contributed by atoms with E-state index in [9.17, 15) is 9.59 Å². The highest BCUT2D eigenvalue weighted by Crippen LogP contribution is 2.27. The molecule has 1 aliphatic heterocycles. The Morgan fingerprint density at radius 3 is 2.17 bits per heavy atom. The molecular formula is C29H34N2O4. The summed E-state index contributed by atoms with van der Waals surface area (Å²) in [5.41, 5.74) is 5.96. The van der Waals surface area contributed by atoms with Crippen molar-refractivity contribution in [1.82, 2.24) is 0 Å². The summed E-state index contributed by atoms with van der Waals surface area (Å²) in [6, 6.07) is 20.8. The number of nitrogens with zero attached hydrogens (tertiary/aromatic N) is 1. The number of esters is 1. The molecule has 0 unspecified atom stereocenters. The van der Waals surface area contributed by atoms with E-state index in [1.807, 2.05) is 75.4 Å². The van der Waals surface area contributed by atoms with Crippen LogP contribution in [0.2, 0.25) is 0 Å². The minimum atomic E-state index is -0.332. The van der Waals surface area contributed by atoms with Gasteiger partial charge in [-0.2, -0.15) is 0 Å². The van der Waals surface area contributed by atoms with Gasteiger partial charge in [0.15, 0.2) is 0 Å². The van der Waals surface area contributed by atoms with Crippen LogP contribution in [0.3, 0.4) is 0 Å². The topological polar surface area (TPSA) is 67.9 Å². The number of carbonyl (C=O) groups excluding carboxylic acids is 2. The number of benzene rings is 3. The van der Waals surface area contributed by atoms with Crippen molar-refractivity contribution in [3.05, 3.63) is 83.4 Å². The number of amides is 1. The summed E-state index contributed by atoms with van der Waals surface area (Å²) in [5, 5.41) is 2.99. The van der Waals surface area contributed by atoms with Crippen molar-refractivity contribution in [3.63, 3.8) is 0 Å². The van der Waals surface area contributed by atoms with Crippen LogP contribution in [0.15, 0.2) is 66.7 Å². The number of rotatable bonds is 6. The number of aryl methyl sites for hydroxylation is 1. The van der Waals surface area contributed by atoms with Crippen LogP contribution in [0.1, 0.15) is 47.1 Å². The summed E-state index contributed by atoms with van der Waals surface area (Å²) in [7, 11) is 0. The van der Waals surface area contributed by atoms with Gasteiger partial charge in [-0.3, -0.25) is 4.79 Å². The second-order valence-corrected chi connectivity index (χ2v) is 7.93. The fourth-order valence-electron chi connectivity index (χ4n) is 3.86. The van der Waals surface area contributed by atoms with Crippen molar-refractivity contribution in [2.24, 2.45) is 0 Å². The molecule has 0 aliphatic carbocycles. The third kappa shape index (κ3) is 6.70. The highest BCUT2D eigenvalue weighted by molar-refractivity contribution is 6.04. The van der Waals surface area contributed by atoms with Gasteiger partial charge in [0, 0.05) is 30.0 Å². The van der Waals surface area contributed by atoms with Crippen LogP contribution in [-0.2, 0) is 9.47 Å². The Balaban J connectivity index is 0.00000167. The maximum atomic E-state index is 12.8. The van der Waals surface area contributed by atoms with E-state index in [1.54, 1.807) is 19.1 Å². The summed E-state index contributed by atoms with van der Waals surface area (Å²) in [6.07, 6.45) is 0. The Morgan fingerprint density at radius 1 is 0.914 bits per heavy atom. The Bertz CT molecular complexity index is 1120. The van der Waals surface area contributed by atoms with E-state index in [-0.39, 0.29) is 11.9 Å². The zero-order valence-electron chi connectivity index (χ0n) is 21.0. The van der Waals surface area contributed by atoms with Crippen molar-refractivity contribution in [3.8, 4) is 11.1 Å². The van der Waals surface area contributed by atoms with Crippen molar-refractivity contribution >= 4 is 23.3 Å². The number of hydrogen-bond donors (Lipinski definition) is 1. The van der Waals surface area contributed by atoms with E-state index in [0.29, 0.717) is 23.4 Å². The number of ether oxygens (including phenoxy) is 2. The van der Waals surface area contributed by atoms with Crippen molar-refractivity contribution in [2.75, 3.05) is 43.1 Å². The molecule has 4 rings (SSSR count). The summed E-state index contributed by atoms with van der Waals surface area (Å²) in [4.78, 5) is 27.0. The second kappa shape index (κ2) is 12.7. The first kappa shape index (κ1) is 26.0. The quantitative estimate of drug-likeness (QED) is 0.447. The first-order chi connectivity index (χ1) is 17.0. The number of morpholine rings is 1. The average molecular weight is 475 g/mol. The molecule has 1 aliphatic rings. The van der Waals surface area contributed by atoms with Gasteiger partial charge in [0.1, 0.15) is 0 Å². The molecule has 6 nitrogen and oxygen atoms in total. The van der Waals surface area contributed by atoms with Crippen LogP contribution in [0.25, 0.3) is 11.1 Å². The Hall–Kier alpha value is -3.64. The third-order valence-electron chi connectivity index (χ3n) is 5.71. The van der Waals surface area contributed by atoms with E-state index in [4.69, 9.17) is 9.47 Å². The summed E-state index contributed by atoms with van der Waals surface area (Å²) >= 11 is 0. The van der Waals surface area contributed by atoms with Gasteiger partial charge in [0.2, 0.25) is 0 Å². The molecule has 6 heteroatoms. The molecule has 3 aromatic carbocycles. The number of nitrogens with one attached hydrogen (secondary N) is 1. The molecule has 0 radical (unpaired) electrons. The van der Waals surface area contributed by atoms with Crippen LogP contribution < -0.4 is 10.2 Å². The van der Waals surface area contributed by atoms with Gasteiger partial charge in [-0.1, -0.05) is 32.0 Å². The van der Waals surface area contributed by atoms with Crippen molar-refractivity contribution in [1.29, 1.82) is 0 Å².